The summed E-state index contributed by atoms with van der Waals surface area (Å²) < 4.78 is 2.80. The summed E-state index contributed by atoms with van der Waals surface area (Å²) in [5.41, 5.74) is 1.28. The quantitative estimate of drug-likeness (QED) is 0.845. The fourth-order valence-corrected chi connectivity index (χ4v) is 3.32. The number of aromatic hydroxyl groups is 1. The Morgan fingerprint density at radius 2 is 1.89 bits per heavy atom. The molecule has 2 aromatic rings. The van der Waals surface area contributed by atoms with Crippen LogP contribution in [0.1, 0.15) is 16.1 Å². The number of carbonyl (C=O) groups is 1. The number of aromatic carboxylic acids is 1. The van der Waals surface area contributed by atoms with Gasteiger partial charge in [0.2, 0.25) is 5.69 Å². The summed E-state index contributed by atoms with van der Waals surface area (Å²) in [4.78, 5) is 10.8. The van der Waals surface area contributed by atoms with E-state index in [9.17, 15) is 9.90 Å². The smallest absolute Gasteiger partial charge is 0.360 e. The SMILES string of the molecule is Cc1cc(Br)c(-n2cc(O)c(C(=O)O)n2)c(Br)c1. The second-order valence-electron chi connectivity index (χ2n) is 3.69. The zero-order chi connectivity index (χ0) is 13.4. The van der Waals surface area contributed by atoms with Crippen LogP contribution in [0.25, 0.3) is 5.69 Å². The third-order valence-corrected chi connectivity index (χ3v) is 3.50. The number of aryl methyl sites for hydroxylation is 1. The number of rotatable bonds is 2. The number of halogens is 2. The molecule has 2 rings (SSSR count). The van der Waals surface area contributed by atoms with Crippen LogP contribution in [0, 0.1) is 6.92 Å². The van der Waals surface area contributed by atoms with Gasteiger partial charge in [-0.2, -0.15) is 5.10 Å². The molecule has 7 heteroatoms. The van der Waals surface area contributed by atoms with Gasteiger partial charge in [-0.05, 0) is 56.5 Å². The van der Waals surface area contributed by atoms with Crippen LogP contribution in [0.3, 0.4) is 0 Å². The maximum Gasteiger partial charge on any atom is 0.360 e. The van der Waals surface area contributed by atoms with Gasteiger partial charge in [0.15, 0.2) is 5.75 Å². The lowest BCUT2D eigenvalue weighted by atomic mass is 10.2. The summed E-state index contributed by atoms with van der Waals surface area (Å²) >= 11 is 6.77. The lowest BCUT2D eigenvalue weighted by Crippen LogP contribution is -2.02. The summed E-state index contributed by atoms with van der Waals surface area (Å²) in [6.45, 7) is 1.93. The van der Waals surface area contributed by atoms with E-state index in [1.54, 1.807) is 0 Å². The van der Waals surface area contributed by atoms with E-state index in [4.69, 9.17) is 5.11 Å². The van der Waals surface area contributed by atoms with Gasteiger partial charge in [0.05, 0.1) is 11.9 Å². The number of hydrogen-bond acceptors (Lipinski definition) is 3. The Labute approximate surface area is 119 Å². The molecule has 0 fully saturated rings. The van der Waals surface area contributed by atoms with Crippen molar-refractivity contribution in [3.8, 4) is 11.4 Å². The van der Waals surface area contributed by atoms with Crippen molar-refractivity contribution in [1.29, 1.82) is 0 Å². The van der Waals surface area contributed by atoms with Crippen molar-refractivity contribution in [3.63, 3.8) is 0 Å². The second kappa shape index (κ2) is 4.74. The predicted octanol–water partition coefficient (Wildman–Crippen LogP) is 3.11. The minimum atomic E-state index is -1.27. The Hall–Kier alpha value is -1.34. The lowest BCUT2D eigenvalue weighted by Gasteiger charge is -2.08. The Kier molecular flexibility index (Phi) is 3.45. The molecule has 0 aliphatic heterocycles. The molecule has 1 heterocycles. The molecule has 0 aliphatic carbocycles. The van der Waals surface area contributed by atoms with Crippen molar-refractivity contribution >= 4 is 37.8 Å². The van der Waals surface area contributed by atoms with E-state index in [0.717, 1.165) is 14.5 Å². The van der Waals surface area contributed by atoms with E-state index >= 15 is 0 Å². The molecule has 0 atom stereocenters. The summed E-state index contributed by atoms with van der Waals surface area (Å²) in [5.74, 6) is -1.65. The van der Waals surface area contributed by atoms with Crippen LogP contribution in [0.5, 0.6) is 5.75 Å². The molecule has 0 aliphatic rings. The van der Waals surface area contributed by atoms with Gasteiger partial charge < -0.3 is 10.2 Å². The molecule has 1 aromatic heterocycles. The number of aromatic nitrogens is 2. The fourth-order valence-electron chi connectivity index (χ4n) is 1.54. The third kappa shape index (κ3) is 2.28. The predicted molar refractivity (Wildman–Crippen MR) is 72.3 cm³/mol. The van der Waals surface area contributed by atoms with E-state index in [-0.39, 0.29) is 11.4 Å². The first kappa shape index (κ1) is 13.1. The first-order chi connectivity index (χ1) is 8.40. The van der Waals surface area contributed by atoms with Crippen molar-refractivity contribution in [2.75, 3.05) is 0 Å². The van der Waals surface area contributed by atoms with Crippen molar-refractivity contribution in [2.45, 2.75) is 6.92 Å². The molecule has 94 valence electrons. The number of carboxylic acids is 1. The monoisotopic (exact) mass is 374 g/mol. The van der Waals surface area contributed by atoms with Gasteiger partial charge in [-0.1, -0.05) is 0 Å². The second-order valence-corrected chi connectivity index (χ2v) is 5.40. The first-order valence-electron chi connectivity index (χ1n) is 4.88. The average Bonchev–Trinajstić information content (AvgIpc) is 2.58. The van der Waals surface area contributed by atoms with Crippen LogP contribution in [0.15, 0.2) is 27.3 Å². The first-order valence-corrected chi connectivity index (χ1v) is 6.46. The van der Waals surface area contributed by atoms with Crippen LogP contribution >= 0.6 is 31.9 Å². The van der Waals surface area contributed by atoms with Gasteiger partial charge in [0.25, 0.3) is 0 Å². The molecule has 0 saturated carbocycles. The normalized spacial score (nSPS) is 10.6. The summed E-state index contributed by atoms with van der Waals surface area (Å²) in [6.07, 6.45) is 1.25. The van der Waals surface area contributed by atoms with Crippen LogP contribution in [-0.2, 0) is 0 Å². The largest absolute Gasteiger partial charge is 0.504 e. The number of hydrogen-bond donors (Lipinski definition) is 2. The summed E-state index contributed by atoms with van der Waals surface area (Å²) in [6, 6.07) is 3.75. The molecule has 0 saturated heterocycles. The summed E-state index contributed by atoms with van der Waals surface area (Å²) in [5, 5.41) is 22.2. The molecule has 0 spiro atoms. The van der Waals surface area contributed by atoms with E-state index in [2.05, 4.69) is 37.0 Å². The van der Waals surface area contributed by atoms with Crippen molar-refractivity contribution in [2.24, 2.45) is 0 Å². The van der Waals surface area contributed by atoms with Crippen LogP contribution in [0.2, 0.25) is 0 Å². The zero-order valence-corrected chi connectivity index (χ0v) is 12.4. The van der Waals surface area contributed by atoms with E-state index in [1.807, 2.05) is 19.1 Å². The Morgan fingerprint density at radius 1 is 1.33 bits per heavy atom. The maximum absolute atomic E-state index is 10.8. The van der Waals surface area contributed by atoms with E-state index in [0.29, 0.717) is 5.69 Å². The molecule has 0 amide bonds. The molecule has 2 N–H and O–H groups in total. The molecule has 0 radical (unpaired) electrons. The Morgan fingerprint density at radius 3 is 2.33 bits per heavy atom. The Balaban J connectivity index is 2.63. The van der Waals surface area contributed by atoms with Crippen molar-refractivity contribution in [3.05, 3.63) is 38.5 Å². The van der Waals surface area contributed by atoms with Crippen LogP contribution < -0.4 is 0 Å². The standard InChI is InChI=1S/C11H8Br2N2O3/c1-5-2-6(12)10(7(13)3-5)15-4-8(16)9(14-15)11(17)18/h2-4,16H,1H3,(H,17,18). The zero-order valence-electron chi connectivity index (χ0n) is 9.19. The number of nitrogens with zero attached hydrogens (tertiary/aromatic N) is 2. The van der Waals surface area contributed by atoms with E-state index < -0.39 is 5.97 Å². The van der Waals surface area contributed by atoms with Gasteiger partial charge in [-0.25, -0.2) is 9.48 Å². The maximum atomic E-state index is 10.8. The molecular formula is C11H8Br2N2O3. The van der Waals surface area contributed by atoms with Gasteiger partial charge in [-0.15, -0.1) is 0 Å². The molecule has 18 heavy (non-hydrogen) atoms. The van der Waals surface area contributed by atoms with Crippen molar-refractivity contribution in [1.82, 2.24) is 9.78 Å². The van der Waals surface area contributed by atoms with Crippen LogP contribution in [0.4, 0.5) is 0 Å². The van der Waals surface area contributed by atoms with Gasteiger partial charge in [-0.3, -0.25) is 0 Å². The molecule has 0 bridgehead atoms. The van der Waals surface area contributed by atoms with Crippen molar-refractivity contribution < 1.29 is 15.0 Å². The fraction of sp³-hybridized carbons (Fsp3) is 0.0909. The van der Waals surface area contributed by atoms with Gasteiger partial charge >= 0.3 is 5.97 Å². The topological polar surface area (TPSA) is 75.4 Å². The minimum Gasteiger partial charge on any atom is -0.504 e. The van der Waals surface area contributed by atoms with Gasteiger partial charge in [0.1, 0.15) is 0 Å². The molecule has 1 aromatic carbocycles. The Bertz CT molecular complexity index is 614. The average molecular weight is 376 g/mol. The number of carboxylic acid groups (broad SMARTS) is 1. The summed E-state index contributed by atoms with van der Waals surface area (Å²) in [7, 11) is 0. The molecule has 5 nitrogen and oxygen atoms in total. The highest BCUT2D eigenvalue weighted by Crippen LogP contribution is 2.31. The van der Waals surface area contributed by atoms with Gasteiger partial charge in [0, 0.05) is 8.95 Å². The number of benzene rings is 1. The third-order valence-electron chi connectivity index (χ3n) is 2.29. The minimum absolute atomic E-state index is 0.373. The van der Waals surface area contributed by atoms with Crippen LogP contribution in [-0.4, -0.2) is 26.0 Å². The molecule has 0 unspecified atom stereocenters. The lowest BCUT2D eigenvalue weighted by molar-refractivity contribution is 0.0687. The highest BCUT2D eigenvalue weighted by molar-refractivity contribution is 9.11. The highest BCUT2D eigenvalue weighted by Gasteiger charge is 2.18. The highest BCUT2D eigenvalue weighted by atomic mass is 79.9. The molecular weight excluding hydrogens is 368 g/mol. The van der Waals surface area contributed by atoms with E-state index in [1.165, 1.54) is 10.9 Å².